The molecule has 1 aliphatic rings. The summed E-state index contributed by atoms with van der Waals surface area (Å²) in [7, 11) is 0. The van der Waals surface area contributed by atoms with E-state index in [1.165, 1.54) is 76.2 Å². The minimum Gasteiger partial charge on any atom is -0.455 e. The number of hydrogen-bond acceptors (Lipinski definition) is 3. The van der Waals surface area contributed by atoms with Crippen LogP contribution in [0.2, 0.25) is 0 Å². The third-order valence-corrected chi connectivity index (χ3v) is 6.30. The summed E-state index contributed by atoms with van der Waals surface area (Å²) in [6, 6.07) is 14.1. The predicted octanol–water partition coefficient (Wildman–Crippen LogP) is 7.21. The number of ether oxygens (including phenoxy) is 1. The first-order valence-corrected chi connectivity index (χ1v) is 11.1. The van der Waals surface area contributed by atoms with Crippen molar-refractivity contribution < 1.29 is 4.74 Å². The molecule has 0 aromatic heterocycles. The van der Waals surface area contributed by atoms with Gasteiger partial charge in [0.05, 0.1) is 5.69 Å². The molecule has 28 heavy (non-hydrogen) atoms. The molecule has 1 fully saturated rings. The average molecular weight is 381 g/mol. The lowest BCUT2D eigenvalue weighted by molar-refractivity contribution is 0.265. The third-order valence-electron chi connectivity index (χ3n) is 6.30. The standard InChI is InChI=1S/C25H36N2O/c1-2-3-4-5-7-16-25(17-8-6-9-18-25)20-10-13-22(14-11-20)28-24-15-12-21(26)19-23(24)27/h10-15,19H,2-9,16-18,26-27H2,1H3. The second-order valence-corrected chi connectivity index (χ2v) is 8.43. The van der Waals surface area contributed by atoms with Crippen LogP contribution in [-0.2, 0) is 5.41 Å². The largest absolute Gasteiger partial charge is 0.455 e. The van der Waals surface area contributed by atoms with Crippen molar-refractivity contribution in [2.75, 3.05) is 11.5 Å². The van der Waals surface area contributed by atoms with Crippen LogP contribution in [0.15, 0.2) is 42.5 Å². The van der Waals surface area contributed by atoms with Crippen molar-refractivity contribution in [3.63, 3.8) is 0 Å². The Kier molecular flexibility index (Phi) is 7.24. The molecule has 0 spiro atoms. The fourth-order valence-corrected chi connectivity index (χ4v) is 4.64. The first-order chi connectivity index (χ1) is 13.6. The molecule has 152 valence electrons. The van der Waals surface area contributed by atoms with Crippen LogP contribution in [0.25, 0.3) is 0 Å². The Bertz CT molecular complexity index is 733. The van der Waals surface area contributed by atoms with Gasteiger partial charge in [-0.25, -0.2) is 0 Å². The lowest BCUT2D eigenvalue weighted by atomic mass is 9.66. The summed E-state index contributed by atoms with van der Waals surface area (Å²) < 4.78 is 5.98. The molecule has 0 bridgehead atoms. The lowest BCUT2D eigenvalue weighted by Gasteiger charge is -2.38. The SMILES string of the molecule is CCCCCCCC1(c2ccc(Oc3ccc(N)cc3N)cc2)CCCCC1. The summed E-state index contributed by atoms with van der Waals surface area (Å²) in [6.45, 7) is 2.28. The molecule has 0 unspecified atom stereocenters. The zero-order valence-corrected chi connectivity index (χ0v) is 17.4. The van der Waals surface area contributed by atoms with E-state index >= 15 is 0 Å². The van der Waals surface area contributed by atoms with Crippen LogP contribution < -0.4 is 16.2 Å². The first-order valence-electron chi connectivity index (χ1n) is 11.1. The van der Waals surface area contributed by atoms with Crippen molar-refractivity contribution in [3.05, 3.63) is 48.0 Å². The van der Waals surface area contributed by atoms with Crippen LogP contribution in [-0.4, -0.2) is 0 Å². The van der Waals surface area contributed by atoms with E-state index in [0.717, 1.165) is 5.75 Å². The molecule has 0 aliphatic heterocycles. The van der Waals surface area contributed by atoms with Gasteiger partial charge < -0.3 is 16.2 Å². The van der Waals surface area contributed by atoms with E-state index in [4.69, 9.17) is 16.2 Å². The molecule has 0 amide bonds. The maximum absolute atomic E-state index is 6.02. The summed E-state index contributed by atoms with van der Waals surface area (Å²) in [5.41, 5.74) is 14.9. The second kappa shape index (κ2) is 9.86. The van der Waals surface area contributed by atoms with Crippen LogP contribution >= 0.6 is 0 Å². The molecule has 0 saturated heterocycles. The normalized spacial score (nSPS) is 16.0. The topological polar surface area (TPSA) is 61.3 Å². The lowest BCUT2D eigenvalue weighted by Crippen LogP contribution is -2.29. The van der Waals surface area contributed by atoms with E-state index in [2.05, 4.69) is 31.2 Å². The predicted molar refractivity (Wildman–Crippen MR) is 120 cm³/mol. The van der Waals surface area contributed by atoms with Gasteiger partial charge in [0.1, 0.15) is 11.5 Å². The van der Waals surface area contributed by atoms with Gasteiger partial charge in [0.2, 0.25) is 0 Å². The van der Waals surface area contributed by atoms with Crippen LogP contribution in [0.4, 0.5) is 11.4 Å². The van der Waals surface area contributed by atoms with Crippen molar-refractivity contribution in [2.45, 2.75) is 83.0 Å². The number of unbranched alkanes of at least 4 members (excludes halogenated alkanes) is 4. The molecule has 3 rings (SSSR count). The number of nitrogen functional groups attached to an aromatic ring is 2. The summed E-state index contributed by atoms with van der Waals surface area (Å²) in [6.07, 6.45) is 14.8. The van der Waals surface area contributed by atoms with Crippen molar-refractivity contribution in [1.82, 2.24) is 0 Å². The zero-order chi connectivity index (χ0) is 19.8. The Morgan fingerprint density at radius 2 is 1.57 bits per heavy atom. The summed E-state index contributed by atoms with van der Waals surface area (Å²) in [5, 5.41) is 0. The summed E-state index contributed by atoms with van der Waals surface area (Å²) in [4.78, 5) is 0. The third kappa shape index (κ3) is 5.21. The second-order valence-electron chi connectivity index (χ2n) is 8.43. The van der Waals surface area contributed by atoms with Gasteiger partial charge in [-0.15, -0.1) is 0 Å². The minimum absolute atomic E-state index is 0.364. The van der Waals surface area contributed by atoms with E-state index < -0.39 is 0 Å². The molecule has 1 saturated carbocycles. The number of rotatable bonds is 9. The first kappa shape index (κ1) is 20.6. The number of anilines is 2. The molecule has 2 aromatic carbocycles. The highest BCUT2D eigenvalue weighted by Crippen LogP contribution is 2.44. The molecular weight excluding hydrogens is 344 g/mol. The van der Waals surface area contributed by atoms with E-state index in [9.17, 15) is 0 Å². The summed E-state index contributed by atoms with van der Waals surface area (Å²) >= 11 is 0. The van der Waals surface area contributed by atoms with Crippen molar-refractivity contribution in [2.24, 2.45) is 0 Å². The Labute approximate surface area is 170 Å². The molecule has 4 N–H and O–H groups in total. The molecule has 3 heteroatoms. The van der Waals surface area contributed by atoms with E-state index in [-0.39, 0.29) is 0 Å². The smallest absolute Gasteiger partial charge is 0.150 e. The highest BCUT2D eigenvalue weighted by Gasteiger charge is 2.33. The molecular formula is C25H36N2O. The molecule has 2 aromatic rings. The quantitative estimate of drug-likeness (QED) is 0.357. The zero-order valence-electron chi connectivity index (χ0n) is 17.4. The Morgan fingerprint density at radius 3 is 2.25 bits per heavy atom. The molecule has 0 radical (unpaired) electrons. The number of nitrogens with two attached hydrogens (primary N) is 2. The molecule has 1 aliphatic carbocycles. The van der Waals surface area contributed by atoms with Gasteiger partial charge in [0.15, 0.2) is 0 Å². The van der Waals surface area contributed by atoms with Gasteiger partial charge in [0, 0.05) is 5.69 Å². The van der Waals surface area contributed by atoms with Crippen molar-refractivity contribution in [1.29, 1.82) is 0 Å². The van der Waals surface area contributed by atoms with Gasteiger partial charge in [-0.3, -0.25) is 0 Å². The van der Waals surface area contributed by atoms with Crippen molar-refractivity contribution in [3.8, 4) is 11.5 Å². The van der Waals surface area contributed by atoms with E-state index in [1.807, 2.05) is 12.1 Å². The fourth-order valence-electron chi connectivity index (χ4n) is 4.64. The van der Waals surface area contributed by atoms with Gasteiger partial charge in [-0.1, -0.05) is 70.4 Å². The van der Waals surface area contributed by atoms with Crippen molar-refractivity contribution >= 4 is 11.4 Å². The highest BCUT2D eigenvalue weighted by atomic mass is 16.5. The average Bonchev–Trinajstić information content (AvgIpc) is 2.71. The Morgan fingerprint density at radius 1 is 0.857 bits per heavy atom. The summed E-state index contributed by atoms with van der Waals surface area (Å²) in [5.74, 6) is 1.49. The van der Waals surface area contributed by atoms with E-state index in [1.54, 1.807) is 6.07 Å². The van der Waals surface area contributed by atoms with Crippen LogP contribution in [0.3, 0.4) is 0 Å². The van der Waals surface area contributed by atoms with Gasteiger partial charge >= 0.3 is 0 Å². The van der Waals surface area contributed by atoms with Gasteiger partial charge in [-0.05, 0) is 60.6 Å². The fraction of sp³-hybridized carbons (Fsp3) is 0.520. The Balaban J connectivity index is 1.69. The van der Waals surface area contributed by atoms with Crippen LogP contribution in [0.1, 0.15) is 83.1 Å². The van der Waals surface area contributed by atoms with Crippen LogP contribution in [0.5, 0.6) is 11.5 Å². The molecule has 0 atom stereocenters. The maximum Gasteiger partial charge on any atom is 0.150 e. The monoisotopic (exact) mass is 380 g/mol. The van der Waals surface area contributed by atoms with Gasteiger partial charge in [-0.2, -0.15) is 0 Å². The molecule has 0 heterocycles. The number of hydrogen-bond donors (Lipinski definition) is 2. The number of benzene rings is 2. The maximum atomic E-state index is 6.02. The highest BCUT2D eigenvalue weighted by molar-refractivity contribution is 5.61. The van der Waals surface area contributed by atoms with Gasteiger partial charge in [0.25, 0.3) is 0 Å². The van der Waals surface area contributed by atoms with Crippen LogP contribution in [0, 0.1) is 0 Å². The van der Waals surface area contributed by atoms with E-state index in [0.29, 0.717) is 22.5 Å². The Hall–Kier alpha value is -2.16. The minimum atomic E-state index is 0.364. The molecule has 3 nitrogen and oxygen atoms in total.